The average Bonchev–Trinajstić information content (AvgIpc) is 3.31. The Bertz CT molecular complexity index is 1410. The number of pyridine rings is 1. The summed E-state index contributed by atoms with van der Waals surface area (Å²) in [6, 6.07) is 6.06. The zero-order chi connectivity index (χ0) is 25.4. The Hall–Kier alpha value is -4.01. The molecule has 0 saturated heterocycles. The highest BCUT2D eigenvalue weighted by Crippen LogP contribution is 2.37. The molecule has 0 aliphatic heterocycles. The summed E-state index contributed by atoms with van der Waals surface area (Å²) < 4.78 is 30.4. The maximum absolute atomic E-state index is 13.7. The number of nitrogens with one attached hydrogen (secondary N) is 3. The minimum atomic E-state index is -2.92. The fraction of sp³-hybridized carbons (Fsp3) is 0.458. The Morgan fingerprint density at radius 3 is 2.83 bits per heavy atom. The average molecular weight is 497 g/mol. The van der Waals surface area contributed by atoms with E-state index in [0.29, 0.717) is 12.2 Å². The number of halogens is 2. The highest BCUT2D eigenvalue weighted by atomic mass is 19.3. The van der Waals surface area contributed by atoms with E-state index >= 15 is 0 Å². The number of hydrogen-bond acceptors (Lipinski definition) is 7. The van der Waals surface area contributed by atoms with E-state index in [0.717, 1.165) is 19.3 Å². The quantitative estimate of drug-likeness (QED) is 0.477. The summed E-state index contributed by atoms with van der Waals surface area (Å²) in [7, 11) is 1.67. The number of rotatable bonds is 6. The summed E-state index contributed by atoms with van der Waals surface area (Å²) >= 11 is 0. The van der Waals surface area contributed by atoms with Crippen LogP contribution in [0.1, 0.15) is 54.9 Å². The highest BCUT2D eigenvalue weighted by molar-refractivity contribution is 6.00. The molecule has 0 bridgehead atoms. The zero-order valence-electron chi connectivity index (χ0n) is 19.7. The number of carbonyl (C=O) groups is 1. The topological polar surface area (TPSA) is 129 Å². The summed E-state index contributed by atoms with van der Waals surface area (Å²) in [5.41, 5.74) is 0.250. The predicted octanol–water partition coefficient (Wildman–Crippen LogP) is 3.46. The first kappa shape index (κ1) is 23.7. The number of nitriles is 1. The molecule has 0 aromatic carbocycles. The molecule has 5 rings (SSSR count). The first-order valence-corrected chi connectivity index (χ1v) is 11.9. The maximum Gasteiger partial charge on any atom is 0.274 e. The minimum absolute atomic E-state index is 0.0491. The van der Waals surface area contributed by atoms with Crippen LogP contribution in [0.5, 0.6) is 0 Å². The van der Waals surface area contributed by atoms with Crippen molar-refractivity contribution in [3.8, 4) is 6.07 Å². The number of anilines is 3. The van der Waals surface area contributed by atoms with Crippen molar-refractivity contribution in [3.05, 3.63) is 46.5 Å². The van der Waals surface area contributed by atoms with Gasteiger partial charge in [0.25, 0.3) is 17.4 Å². The number of aromatic nitrogens is 4. The summed E-state index contributed by atoms with van der Waals surface area (Å²) in [6.07, 6.45) is 6.14. The monoisotopic (exact) mass is 496 g/mol. The molecule has 1 unspecified atom stereocenters. The third-order valence-electron chi connectivity index (χ3n) is 7.01. The third kappa shape index (κ3) is 4.25. The molecule has 2 aliphatic rings. The van der Waals surface area contributed by atoms with Crippen LogP contribution in [-0.2, 0) is 0 Å². The summed E-state index contributed by atoms with van der Waals surface area (Å²) in [5, 5.41) is 21.9. The van der Waals surface area contributed by atoms with E-state index < -0.39 is 17.9 Å². The third-order valence-corrected chi connectivity index (χ3v) is 7.01. The van der Waals surface area contributed by atoms with Crippen LogP contribution in [0.2, 0.25) is 0 Å². The van der Waals surface area contributed by atoms with E-state index in [1.165, 1.54) is 10.7 Å². The standard InChI is InChI=1S/C24H26F2N8O2/c1-28-20-11-19(30-17-6-3-9-33(23(17)36)15-5-2-4-14(10-15)12-27)32-21-16(13-29-34(20)21)22(35)31-18-7-8-24(18,25)26/h3,6,9,11,13-15,18,28H,2,4-5,7-8,10H2,1H3,(H,30,32)(H,31,35)/t14-,15+,18?/m1/s1. The second-order valence-corrected chi connectivity index (χ2v) is 9.30. The molecule has 2 saturated carbocycles. The van der Waals surface area contributed by atoms with E-state index in [-0.39, 0.29) is 53.1 Å². The Morgan fingerprint density at radius 2 is 2.14 bits per heavy atom. The van der Waals surface area contributed by atoms with Crippen molar-refractivity contribution in [1.29, 1.82) is 5.26 Å². The Kier molecular flexibility index (Phi) is 6.07. The van der Waals surface area contributed by atoms with Gasteiger partial charge in [-0.15, -0.1) is 0 Å². The molecular weight excluding hydrogens is 470 g/mol. The lowest BCUT2D eigenvalue weighted by atomic mass is 9.86. The summed E-state index contributed by atoms with van der Waals surface area (Å²) in [5.74, 6) is -2.92. The minimum Gasteiger partial charge on any atom is -0.373 e. The van der Waals surface area contributed by atoms with Gasteiger partial charge in [0, 0.05) is 37.7 Å². The number of hydrogen-bond donors (Lipinski definition) is 3. The van der Waals surface area contributed by atoms with Gasteiger partial charge in [-0.25, -0.2) is 13.8 Å². The van der Waals surface area contributed by atoms with Gasteiger partial charge in [-0.3, -0.25) is 9.59 Å². The first-order valence-electron chi connectivity index (χ1n) is 11.9. The van der Waals surface area contributed by atoms with Gasteiger partial charge in [0.1, 0.15) is 22.9 Å². The van der Waals surface area contributed by atoms with Crippen molar-refractivity contribution in [2.24, 2.45) is 5.92 Å². The lowest BCUT2D eigenvalue weighted by Crippen LogP contribution is -2.55. The molecule has 3 aromatic heterocycles. The number of carbonyl (C=O) groups excluding carboxylic acids is 1. The van der Waals surface area contributed by atoms with Crippen molar-refractivity contribution in [1.82, 2.24) is 24.5 Å². The van der Waals surface area contributed by atoms with Crippen molar-refractivity contribution in [2.75, 3.05) is 17.7 Å². The number of amides is 1. The van der Waals surface area contributed by atoms with Crippen molar-refractivity contribution < 1.29 is 13.6 Å². The molecule has 188 valence electrons. The molecule has 0 spiro atoms. The summed E-state index contributed by atoms with van der Waals surface area (Å²) in [6.45, 7) is 0. The first-order chi connectivity index (χ1) is 17.3. The molecule has 36 heavy (non-hydrogen) atoms. The molecule has 2 aliphatic carbocycles. The highest BCUT2D eigenvalue weighted by Gasteiger charge is 2.49. The number of alkyl halides is 2. The van der Waals surface area contributed by atoms with Crippen LogP contribution in [0.4, 0.5) is 26.1 Å². The molecule has 3 heterocycles. The Labute approximate surface area is 205 Å². The van der Waals surface area contributed by atoms with Crippen molar-refractivity contribution in [2.45, 2.75) is 56.5 Å². The van der Waals surface area contributed by atoms with Crippen molar-refractivity contribution >= 4 is 28.9 Å². The van der Waals surface area contributed by atoms with Gasteiger partial charge < -0.3 is 20.5 Å². The SMILES string of the molecule is CNc1cc(Nc2cccn([C@H]3CCC[C@@H](C#N)C3)c2=O)nc2c(C(=O)NC3CCC3(F)F)cnn12. The maximum atomic E-state index is 13.7. The largest absolute Gasteiger partial charge is 0.373 e. The number of nitrogens with zero attached hydrogens (tertiary/aromatic N) is 5. The van der Waals surface area contributed by atoms with E-state index in [1.807, 2.05) is 0 Å². The second-order valence-electron chi connectivity index (χ2n) is 9.30. The Morgan fingerprint density at radius 1 is 1.31 bits per heavy atom. The van der Waals surface area contributed by atoms with Gasteiger partial charge in [-0.1, -0.05) is 6.42 Å². The lowest BCUT2D eigenvalue weighted by Gasteiger charge is -2.36. The van der Waals surface area contributed by atoms with Crippen LogP contribution in [0.15, 0.2) is 35.4 Å². The van der Waals surface area contributed by atoms with Crippen LogP contribution >= 0.6 is 0 Å². The molecular formula is C24H26F2N8O2. The van der Waals surface area contributed by atoms with Gasteiger partial charge in [-0.2, -0.15) is 14.9 Å². The predicted molar refractivity (Wildman–Crippen MR) is 129 cm³/mol. The fourth-order valence-electron chi connectivity index (χ4n) is 4.85. The van der Waals surface area contributed by atoms with Crippen LogP contribution in [0, 0.1) is 17.2 Å². The smallest absolute Gasteiger partial charge is 0.274 e. The Balaban J connectivity index is 1.45. The molecule has 3 N–H and O–H groups in total. The molecule has 3 aromatic rings. The van der Waals surface area contributed by atoms with Crippen LogP contribution in [-0.4, -0.2) is 44.1 Å². The molecule has 12 heteroatoms. The molecule has 1 amide bonds. The fourth-order valence-corrected chi connectivity index (χ4v) is 4.85. The molecule has 3 atom stereocenters. The van der Waals surface area contributed by atoms with E-state index in [9.17, 15) is 23.6 Å². The van der Waals surface area contributed by atoms with E-state index in [4.69, 9.17) is 0 Å². The van der Waals surface area contributed by atoms with Gasteiger partial charge in [-0.05, 0) is 37.8 Å². The van der Waals surface area contributed by atoms with Gasteiger partial charge in [0.15, 0.2) is 5.65 Å². The van der Waals surface area contributed by atoms with Crippen molar-refractivity contribution in [3.63, 3.8) is 0 Å². The van der Waals surface area contributed by atoms with Crippen LogP contribution in [0.3, 0.4) is 0 Å². The van der Waals surface area contributed by atoms with Crippen LogP contribution in [0.25, 0.3) is 5.65 Å². The number of fused-ring (bicyclic) bond motifs is 1. The lowest BCUT2D eigenvalue weighted by molar-refractivity contribution is -0.102. The normalized spacial score (nSPS) is 22.9. The summed E-state index contributed by atoms with van der Waals surface area (Å²) in [4.78, 5) is 30.5. The molecule has 0 radical (unpaired) electrons. The van der Waals surface area contributed by atoms with Crippen LogP contribution < -0.4 is 21.5 Å². The molecule has 10 nitrogen and oxygen atoms in total. The van der Waals surface area contributed by atoms with Gasteiger partial charge in [0.2, 0.25) is 0 Å². The van der Waals surface area contributed by atoms with E-state index in [1.54, 1.807) is 36.0 Å². The van der Waals surface area contributed by atoms with Gasteiger partial charge >= 0.3 is 0 Å². The van der Waals surface area contributed by atoms with E-state index in [2.05, 4.69) is 32.1 Å². The molecule has 2 fully saturated rings. The van der Waals surface area contributed by atoms with Gasteiger partial charge in [0.05, 0.1) is 18.3 Å². The zero-order valence-corrected chi connectivity index (χ0v) is 19.7. The second kappa shape index (κ2) is 9.22.